The number of nitrogens with one attached hydrogen (secondary N) is 2. The molecule has 5 nitrogen and oxygen atoms in total. The van der Waals surface area contributed by atoms with Crippen LogP contribution in [0.25, 0.3) is 10.9 Å². The Hall–Kier alpha value is -2.96. The van der Waals surface area contributed by atoms with Gasteiger partial charge in [-0.2, -0.15) is 13.9 Å². The monoisotopic (exact) mass is 357 g/mol. The number of rotatable bonds is 6. The van der Waals surface area contributed by atoms with E-state index >= 15 is 0 Å². The molecule has 1 aromatic heterocycles. The molecular formula is C19H17F2N3O2. The quantitative estimate of drug-likeness (QED) is 0.701. The summed E-state index contributed by atoms with van der Waals surface area (Å²) in [5.41, 5.74) is 3.65. The molecule has 1 aliphatic rings. The minimum Gasteiger partial charge on any atom is -0.435 e. The second-order valence-electron chi connectivity index (χ2n) is 6.32. The van der Waals surface area contributed by atoms with Gasteiger partial charge in [-0.15, -0.1) is 0 Å². The molecule has 134 valence electrons. The maximum Gasteiger partial charge on any atom is 0.387 e. The van der Waals surface area contributed by atoms with E-state index in [0.29, 0.717) is 18.0 Å². The fourth-order valence-corrected chi connectivity index (χ4v) is 3.13. The van der Waals surface area contributed by atoms with Crippen LogP contribution in [0.2, 0.25) is 0 Å². The van der Waals surface area contributed by atoms with E-state index in [1.165, 1.54) is 29.8 Å². The molecule has 0 radical (unpaired) electrons. The van der Waals surface area contributed by atoms with E-state index in [9.17, 15) is 13.6 Å². The van der Waals surface area contributed by atoms with Crippen molar-refractivity contribution in [3.63, 3.8) is 0 Å². The predicted octanol–water partition coefficient (Wildman–Crippen LogP) is 3.97. The summed E-state index contributed by atoms with van der Waals surface area (Å²) in [5.74, 6) is 0.304. The summed E-state index contributed by atoms with van der Waals surface area (Å²) in [6, 6.07) is 9.75. The van der Waals surface area contributed by atoms with Gasteiger partial charge >= 0.3 is 6.61 Å². The molecular weight excluding hydrogens is 340 g/mol. The minimum atomic E-state index is -2.88. The Morgan fingerprint density at radius 2 is 2.00 bits per heavy atom. The van der Waals surface area contributed by atoms with E-state index in [1.807, 2.05) is 6.07 Å². The zero-order valence-electron chi connectivity index (χ0n) is 13.8. The molecule has 0 unspecified atom stereocenters. The molecule has 0 saturated heterocycles. The molecule has 0 aliphatic heterocycles. The van der Waals surface area contributed by atoms with Crippen LogP contribution in [-0.2, 0) is 6.54 Å². The van der Waals surface area contributed by atoms with Gasteiger partial charge in [0.2, 0.25) is 0 Å². The summed E-state index contributed by atoms with van der Waals surface area (Å²) < 4.78 is 28.7. The van der Waals surface area contributed by atoms with Crippen molar-refractivity contribution in [3.8, 4) is 5.75 Å². The second kappa shape index (κ2) is 6.74. The Balaban J connectivity index is 1.50. The number of hydrogen-bond donors (Lipinski definition) is 2. The van der Waals surface area contributed by atoms with Gasteiger partial charge in [0.05, 0.1) is 11.7 Å². The number of aromatic nitrogens is 2. The van der Waals surface area contributed by atoms with Gasteiger partial charge in [0.25, 0.3) is 5.91 Å². The van der Waals surface area contributed by atoms with Crippen LogP contribution in [0.3, 0.4) is 0 Å². The first kappa shape index (κ1) is 16.5. The molecule has 1 saturated carbocycles. The van der Waals surface area contributed by atoms with E-state index < -0.39 is 6.61 Å². The van der Waals surface area contributed by atoms with Crippen molar-refractivity contribution in [1.29, 1.82) is 0 Å². The highest BCUT2D eigenvalue weighted by Gasteiger charge is 2.27. The first-order chi connectivity index (χ1) is 12.6. The molecule has 0 spiro atoms. The van der Waals surface area contributed by atoms with E-state index in [-0.39, 0.29) is 11.7 Å². The number of nitrogens with zero attached hydrogens (tertiary/aromatic N) is 1. The predicted molar refractivity (Wildman–Crippen MR) is 92.3 cm³/mol. The Morgan fingerprint density at radius 1 is 1.23 bits per heavy atom. The van der Waals surface area contributed by atoms with Gasteiger partial charge in [0, 0.05) is 17.5 Å². The summed E-state index contributed by atoms with van der Waals surface area (Å²) in [6.07, 6.45) is 4.10. The van der Waals surface area contributed by atoms with Gasteiger partial charge in [-0.25, -0.2) is 0 Å². The first-order valence-electron chi connectivity index (χ1n) is 8.40. The molecule has 4 rings (SSSR count). The number of hydrogen-bond acceptors (Lipinski definition) is 3. The van der Waals surface area contributed by atoms with Crippen LogP contribution in [0.4, 0.5) is 8.78 Å². The van der Waals surface area contributed by atoms with Gasteiger partial charge in [0.15, 0.2) is 0 Å². The molecule has 0 atom stereocenters. The number of ether oxygens (including phenoxy) is 1. The Kier molecular flexibility index (Phi) is 4.28. The zero-order valence-corrected chi connectivity index (χ0v) is 13.8. The molecule has 3 aromatic rings. The summed E-state index contributed by atoms with van der Waals surface area (Å²) in [6.45, 7) is -2.50. The van der Waals surface area contributed by atoms with E-state index in [2.05, 4.69) is 26.3 Å². The van der Waals surface area contributed by atoms with E-state index in [0.717, 1.165) is 29.3 Å². The van der Waals surface area contributed by atoms with Gasteiger partial charge in [-0.05, 0) is 60.2 Å². The third-order valence-electron chi connectivity index (χ3n) is 4.56. The number of H-pyrrole nitrogens is 1. The van der Waals surface area contributed by atoms with Crippen molar-refractivity contribution in [3.05, 3.63) is 59.3 Å². The number of alkyl halides is 2. The van der Waals surface area contributed by atoms with Crippen molar-refractivity contribution in [2.24, 2.45) is 0 Å². The Bertz CT molecular complexity index is 934. The van der Waals surface area contributed by atoms with Crippen LogP contribution in [0, 0.1) is 0 Å². The van der Waals surface area contributed by atoms with Crippen molar-refractivity contribution < 1.29 is 18.3 Å². The highest BCUT2D eigenvalue weighted by Crippen LogP contribution is 2.43. The van der Waals surface area contributed by atoms with Gasteiger partial charge in [-0.1, -0.05) is 6.07 Å². The normalized spacial score (nSPS) is 14.0. The van der Waals surface area contributed by atoms with Crippen molar-refractivity contribution in [2.75, 3.05) is 0 Å². The van der Waals surface area contributed by atoms with Gasteiger partial charge < -0.3 is 10.1 Å². The number of aromatic amines is 1. The van der Waals surface area contributed by atoms with Crippen LogP contribution in [0.15, 0.2) is 42.6 Å². The zero-order chi connectivity index (χ0) is 18.1. The number of carbonyl (C=O) groups is 1. The number of carbonyl (C=O) groups excluding carboxylic acids is 1. The lowest BCUT2D eigenvalue weighted by Gasteiger charge is -2.12. The summed E-state index contributed by atoms with van der Waals surface area (Å²) in [5, 5.41) is 11.0. The average Bonchev–Trinajstić information content (AvgIpc) is 3.36. The number of fused-ring (bicyclic) bond motifs is 1. The SMILES string of the molecule is O=C(NCc1c(C2CC2)ccc2[nH]ncc12)c1ccc(OC(F)F)cc1. The third kappa shape index (κ3) is 3.37. The van der Waals surface area contributed by atoms with Crippen molar-refractivity contribution in [2.45, 2.75) is 31.9 Å². The lowest BCUT2D eigenvalue weighted by atomic mass is 9.99. The topological polar surface area (TPSA) is 67.0 Å². The molecule has 1 fully saturated rings. The van der Waals surface area contributed by atoms with Crippen molar-refractivity contribution in [1.82, 2.24) is 15.5 Å². The average molecular weight is 357 g/mol. The highest BCUT2D eigenvalue weighted by atomic mass is 19.3. The molecule has 2 aromatic carbocycles. The molecule has 0 bridgehead atoms. The number of halogens is 2. The maximum atomic E-state index is 12.4. The smallest absolute Gasteiger partial charge is 0.387 e. The molecule has 7 heteroatoms. The van der Waals surface area contributed by atoms with Crippen LogP contribution >= 0.6 is 0 Å². The fourth-order valence-electron chi connectivity index (χ4n) is 3.13. The number of benzene rings is 2. The van der Waals surface area contributed by atoms with E-state index in [1.54, 1.807) is 6.20 Å². The fraction of sp³-hybridized carbons (Fsp3) is 0.263. The lowest BCUT2D eigenvalue weighted by molar-refractivity contribution is -0.0498. The highest BCUT2D eigenvalue weighted by molar-refractivity contribution is 5.94. The van der Waals surface area contributed by atoms with E-state index in [4.69, 9.17) is 0 Å². The molecule has 26 heavy (non-hydrogen) atoms. The summed E-state index contributed by atoms with van der Waals surface area (Å²) in [7, 11) is 0. The van der Waals surface area contributed by atoms with Crippen LogP contribution < -0.4 is 10.1 Å². The Morgan fingerprint density at radius 3 is 2.69 bits per heavy atom. The van der Waals surface area contributed by atoms with Gasteiger partial charge in [0.1, 0.15) is 5.75 Å². The summed E-state index contributed by atoms with van der Waals surface area (Å²) in [4.78, 5) is 12.4. The van der Waals surface area contributed by atoms with Crippen molar-refractivity contribution >= 4 is 16.8 Å². The lowest BCUT2D eigenvalue weighted by Crippen LogP contribution is -2.23. The molecule has 2 N–H and O–H groups in total. The Labute approximate surface area is 148 Å². The molecule has 1 heterocycles. The molecule has 1 aliphatic carbocycles. The largest absolute Gasteiger partial charge is 0.435 e. The third-order valence-corrected chi connectivity index (χ3v) is 4.56. The standard InChI is InChI=1S/C19H17F2N3O2/c20-19(21)26-13-5-3-12(4-6-13)18(25)22-9-15-14(11-1-2-11)7-8-17-16(15)10-23-24-17/h3-8,10-11,19H,1-2,9H2,(H,22,25)(H,23,24). The van der Waals surface area contributed by atoms with Crippen LogP contribution in [0.5, 0.6) is 5.75 Å². The molecule has 1 amide bonds. The van der Waals surface area contributed by atoms with Gasteiger partial charge in [-0.3, -0.25) is 9.89 Å². The summed E-state index contributed by atoms with van der Waals surface area (Å²) >= 11 is 0. The first-order valence-corrected chi connectivity index (χ1v) is 8.40. The van der Waals surface area contributed by atoms with Crippen LogP contribution in [0.1, 0.15) is 40.2 Å². The van der Waals surface area contributed by atoms with Crippen LogP contribution in [-0.4, -0.2) is 22.7 Å². The second-order valence-corrected chi connectivity index (χ2v) is 6.32. The minimum absolute atomic E-state index is 0.0238. The maximum absolute atomic E-state index is 12.4. The number of amides is 1.